The fourth-order valence-electron chi connectivity index (χ4n) is 3.84. The van der Waals surface area contributed by atoms with Crippen molar-refractivity contribution in [2.75, 3.05) is 21.3 Å². The molecular weight excluding hydrogens is 442 g/mol. The zero-order chi connectivity index (χ0) is 24.1. The Bertz CT molecular complexity index is 1020. The number of amidine groups is 1. The van der Waals surface area contributed by atoms with Crippen molar-refractivity contribution >= 4 is 28.8 Å². The van der Waals surface area contributed by atoms with Gasteiger partial charge in [0.2, 0.25) is 5.91 Å². The van der Waals surface area contributed by atoms with Crippen molar-refractivity contribution in [3.63, 3.8) is 0 Å². The Hall–Kier alpha value is -2.94. The van der Waals surface area contributed by atoms with E-state index in [-0.39, 0.29) is 18.4 Å². The fourth-order valence-corrected chi connectivity index (χ4v) is 4.78. The summed E-state index contributed by atoms with van der Waals surface area (Å²) in [4.78, 5) is 32.4. The average molecular weight is 474 g/mol. The van der Waals surface area contributed by atoms with Gasteiger partial charge in [-0.1, -0.05) is 31.7 Å². The molecule has 3 rings (SSSR count). The maximum atomic E-state index is 13.0. The predicted octanol–water partition coefficient (Wildman–Crippen LogP) is 4.15. The molecule has 8 nitrogen and oxygen atoms in total. The SMILES string of the molecule is CCC1=C(C(=O)OC)[C@H](c2ccc(OC)c(OC)c2)N2C(CC(=O)N[C@H](C)CC)=CSC2=N1. The third kappa shape index (κ3) is 5.03. The predicted molar refractivity (Wildman–Crippen MR) is 129 cm³/mol. The Balaban J connectivity index is 2.09. The molecule has 0 saturated heterocycles. The third-order valence-corrected chi connectivity index (χ3v) is 6.60. The Morgan fingerprint density at radius 3 is 2.52 bits per heavy atom. The zero-order valence-corrected chi connectivity index (χ0v) is 20.7. The summed E-state index contributed by atoms with van der Waals surface area (Å²) >= 11 is 1.45. The second kappa shape index (κ2) is 10.8. The van der Waals surface area contributed by atoms with Gasteiger partial charge in [0.15, 0.2) is 16.7 Å². The van der Waals surface area contributed by atoms with E-state index in [2.05, 4.69) is 5.32 Å². The van der Waals surface area contributed by atoms with Crippen LogP contribution in [-0.4, -0.2) is 49.3 Å². The summed E-state index contributed by atoms with van der Waals surface area (Å²) in [6.07, 6.45) is 1.59. The number of ether oxygens (including phenoxy) is 3. The number of nitrogens with one attached hydrogen (secondary N) is 1. The Kier molecular flexibility index (Phi) is 8.07. The second-order valence-electron chi connectivity index (χ2n) is 7.77. The highest BCUT2D eigenvalue weighted by molar-refractivity contribution is 8.16. The topological polar surface area (TPSA) is 89.5 Å². The first-order chi connectivity index (χ1) is 15.9. The summed E-state index contributed by atoms with van der Waals surface area (Å²) in [5, 5.41) is 5.66. The molecule has 2 heterocycles. The number of amides is 1. The van der Waals surface area contributed by atoms with E-state index in [0.29, 0.717) is 29.2 Å². The molecule has 1 aromatic carbocycles. The number of fused-ring (bicyclic) bond motifs is 1. The molecule has 0 bridgehead atoms. The molecule has 1 N–H and O–H groups in total. The fraction of sp³-hybridized carbons (Fsp3) is 0.458. The van der Waals surface area contributed by atoms with E-state index in [1.807, 2.05) is 49.3 Å². The molecule has 2 aliphatic heterocycles. The first kappa shape index (κ1) is 24.7. The summed E-state index contributed by atoms with van der Waals surface area (Å²) in [5.74, 6) is 0.612. The van der Waals surface area contributed by atoms with Crippen molar-refractivity contribution in [1.29, 1.82) is 0 Å². The number of benzene rings is 1. The largest absolute Gasteiger partial charge is 0.493 e. The van der Waals surface area contributed by atoms with Crippen LogP contribution in [-0.2, 0) is 14.3 Å². The van der Waals surface area contributed by atoms with Crippen LogP contribution in [0.2, 0.25) is 0 Å². The molecule has 0 aliphatic carbocycles. The van der Waals surface area contributed by atoms with Crippen LogP contribution in [0.1, 0.15) is 51.6 Å². The first-order valence-corrected chi connectivity index (χ1v) is 11.8. The van der Waals surface area contributed by atoms with Gasteiger partial charge in [-0.25, -0.2) is 9.79 Å². The van der Waals surface area contributed by atoms with Gasteiger partial charge in [0.25, 0.3) is 0 Å². The number of hydrogen-bond acceptors (Lipinski definition) is 8. The molecule has 0 aromatic heterocycles. The molecule has 178 valence electrons. The van der Waals surface area contributed by atoms with Crippen LogP contribution in [0, 0.1) is 0 Å². The van der Waals surface area contributed by atoms with E-state index >= 15 is 0 Å². The molecule has 0 spiro atoms. The molecule has 0 fully saturated rings. The van der Waals surface area contributed by atoms with Gasteiger partial charge in [-0.15, -0.1) is 0 Å². The summed E-state index contributed by atoms with van der Waals surface area (Å²) in [6, 6.07) is 5.12. The minimum absolute atomic E-state index is 0.0756. The molecule has 33 heavy (non-hydrogen) atoms. The molecule has 0 saturated carbocycles. The minimum Gasteiger partial charge on any atom is -0.493 e. The number of esters is 1. The zero-order valence-electron chi connectivity index (χ0n) is 19.9. The standard InChI is InChI=1S/C24H31N3O5S/c1-7-14(3)25-20(28)12-16-13-33-24-26-17(8-2)21(23(29)32-6)22(27(16)24)15-9-10-18(30-4)19(11-15)31-5/h9-11,13-14,22H,7-8,12H2,1-6H3,(H,25,28)/t14-,22+/m1/s1. The highest BCUT2D eigenvalue weighted by Crippen LogP contribution is 2.46. The lowest BCUT2D eigenvalue weighted by Crippen LogP contribution is -2.39. The van der Waals surface area contributed by atoms with Crippen LogP contribution < -0.4 is 14.8 Å². The molecule has 0 radical (unpaired) electrons. The van der Waals surface area contributed by atoms with Gasteiger partial charge in [0, 0.05) is 11.7 Å². The van der Waals surface area contributed by atoms with Crippen molar-refractivity contribution in [3.8, 4) is 11.5 Å². The number of carbonyl (C=O) groups is 2. The van der Waals surface area contributed by atoms with Crippen LogP contribution in [0.3, 0.4) is 0 Å². The quantitative estimate of drug-likeness (QED) is 0.539. The van der Waals surface area contributed by atoms with Crippen LogP contribution in [0.5, 0.6) is 11.5 Å². The van der Waals surface area contributed by atoms with Gasteiger partial charge < -0.3 is 24.4 Å². The molecule has 9 heteroatoms. The number of allylic oxidation sites excluding steroid dienone is 1. The number of carbonyl (C=O) groups excluding carboxylic acids is 2. The monoisotopic (exact) mass is 473 g/mol. The Morgan fingerprint density at radius 2 is 1.91 bits per heavy atom. The van der Waals surface area contributed by atoms with Crippen LogP contribution in [0.4, 0.5) is 0 Å². The highest BCUT2D eigenvalue weighted by atomic mass is 32.2. The number of nitrogens with zero attached hydrogens (tertiary/aromatic N) is 2. The van der Waals surface area contributed by atoms with E-state index in [0.717, 1.165) is 22.8 Å². The third-order valence-electron chi connectivity index (χ3n) is 5.71. The van der Waals surface area contributed by atoms with Crippen molar-refractivity contribution in [1.82, 2.24) is 10.2 Å². The summed E-state index contributed by atoms with van der Waals surface area (Å²) in [7, 11) is 4.51. The van der Waals surface area contributed by atoms with E-state index < -0.39 is 12.0 Å². The first-order valence-electron chi connectivity index (χ1n) is 10.9. The van der Waals surface area contributed by atoms with Gasteiger partial charge in [0.1, 0.15) is 0 Å². The number of rotatable bonds is 9. The van der Waals surface area contributed by atoms with Gasteiger partial charge in [-0.05, 0) is 42.9 Å². The molecule has 0 unspecified atom stereocenters. The number of aliphatic imine (C=N–C) groups is 1. The van der Waals surface area contributed by atoms with Crippen molar-refractivity contribution in [3.05, 3.63) is 46.1 Å². The lowest BCUT2D eigenvalue weighted by atomic mass is 9.92. The van der Waals surface area contributed by atoms with Crippen molar-refractivity contribution in [2.45, 2.75) is 52.1 Å². The smallest absolute Gasteiger partial charge is 0.338 e. The van der Waals surface area contributed by atoms with E-state index in [1.54, 1.807) is 14.2 Å². The molecule has 2 aliphatic rings. The van der Waals surface area contributed by atoms with Crippen molar-refractivity contribution < 1.29 is 23.8 Å². The number of methoxy groups -OCH3 is 3. The van der Waals surface area contributed by atoms with E-state index in [9.17, 15) is 9.59 Å². The van der Waals surface area contributed by atoms with E-state index in [4.69, 9.17) is 19.2 Å². The van der Waals surface area contributed by atoms with Crippen molar-refractivity contribution in [2.24, 2.45) is 4.99 Å². The van der Waals surface area contributed by atoms with E-state index in [1.165, 1.54) is 18.9 Å². The van der Waals surface area contributed by atoms with Gasteiger partial charge >= 0.3 is 5.97 Å². The normalized spacial score (nSPS) is 18.2. The maximum Gasteiger partial charge on any atom is 0.338 e. The van der Waals surface area contributed by atoms with Crippen LogP contribution in [0.25, 0.3) is 0 Å². The molecule has 1 aromatic rings. The average Bonchev–Trinajstić information content (AvgIpc) is 3.23. The lowest BCUT2D eigenvalue weighted by Gasteiger charge is -2.36. The van der Waals surface area contributed by atoms with Crippen LogP contribution >= 0.6 is 11.8 Å². The Labute approximate surface area is 199 Å². The number of hydrogen-bond donors (Lipinski definition) is 1. The van der Waals surface area contributed by atoms with Crippen LogP contribution in [0.15, 0.2) is 45.6 Å². The summed E-state index contributed by atoms with van der Waals surface area (Å²) in [5.41, 5.74) is 2.70. The number of thioether (sulfide) groups is 1. The second-order valence-corrected chi connectivity index (χ2v) is 8.60. The molecule has 1 amide bonds. The maximum absolute atomic E-state index is 13.0. The lowest BCUT2D eigenvalue weighted by molar-refractivity contribution is -0.136. The van der Waals surface area contributed by atoms with Gasteiger partial charge in [-0.2, -0.15) is 0 Å². The minimum atomic E-state index is -0.516. The highest BCUT2D eigenvalue weighted by Gasteiger charge is 2.41. The molecular formula is C24H31N3O5S. The summed E-state index contributed by atoms with van der Waals surface area (Å²) in [6.45, 7) is 5.95. The Morgan fingerprint density at radius 1 is 1.18 bits per heavy atom. The van der Waals surface area contributed by atoms with Gasteiger partial charge in [0.05, 0.1) is 45.1 Å². The summed E-state index contributed by atoms with van der Waals surface area (Å²) < 4.78 is 16.1. The molecule has 2 atom stereocenters. The van der Waals surface area contributed by atoms with Gasteiger partial charge in [-0.3, -0.25) is 4.79 Å².